The molecular weight excluding hydrogens is 190 g/mol. The standard InChI is InChI=1S/C12H17NO2/c1-12(6-2-3-8-15-12)11(14)10-5-4-7-13-9-10/h4-5,7,9,11,14H,2-3,6,8H2,1H3. The fourth-order valence-electron chi connectivity index (χ4n) is 2.06. The van der Waals surface area contributed by atoms with Gasteiger partial charge in [0.15, 0.2) is 0 Å². The zero-order chi connectivity index (χ0) is 10.7. The number of aromatic nitrogens is 1. The summed E-state index contributed by atoms with van der Waals surface area (Å²) in [7, 11) is 0. The highest BCUT2D eigenvalue weighted by molar-refractivity contribution is 5.15. The molecule has 1 aromatic rings. The SMILES string of the molecule is CC1(C(O)c2cccnc2)CCCCO1. The third kappa shape index (κ3) is 2.19. The van der Waals surface area contributed by atoms with Crippen LogP contribution < -0.4 is 0 Å². The molecule has 15 heavy (non-hydrogen) atoms. The van der Waals surface area contributed by atoms with E-state index in [9.17, 15) is 5.11 Å². The summed E-state index contributed by atoms with van der Waals surface area (Å²) in [6.45, 7) is 2.72. The minimum atomic E-state index is -0.577. The summed E-state index contributed by atoms with van der Waals surface area (Å²) < 4.78 is 5.70. The first-order valence-electron chi connectivity index (χ1n) is 5.44. The number of aliphatic hydroxyl groups is 1. The van der Waals surface area contributed by atoms with Crippen LogP contribution in [-0.2, 0) is 4.74 Å². The Hall–Kier alpha value is -0.930. The van der Waals surface area contributed by atoms with Crippen molar-refractivity contribution in [3.8, 4) is 0 Å². The Bertz CT molecular complexity index is 307. The van der Waals surface area contributed by atoms with Gasteiger partial charge in [-0.1, -0.05) is 6.07 Å². The van der Waals surface area contributed by atoms with Crippen LogP contribution in [0, 0.1) is 0 Å². The fourth-order valence-corrected chi connectivity index (χ4v) is 2.06. The molecule has 0 amide bonds. The lowest BCUT2D eigenvalue weighted by Gasteiger charge is -2.37. The molecule has 2 heterocycles. The Morgan fingerprint density at radius 3 is 3.00 bits per heavy atom. The van der Waals surface area contributed by atoms with E-state index in [0.29, 0.717) is 0 Å². The smallest absolute Gasteiger partial charge is 0.109 e. The zero-order valence-electron chi connectivity index (χ0n) is 9.02. The van der Waals surface area contributed by atoms with Crippen molar-refractivity contribution < 1.29 is 9.84 Å². The maximum absolute atomic E-state index is 10.2. The Morgan fingerprint density at radius 1 is 1.53 bits per heavy atom. The third-order valence-corrected chi connectivity index (χ3v) is 3.08. The molecule has 3 heteroatoms. The number of pyridine rings is 1. The lowest BCUT2D eigenvalue weighted by Crippen LogP contribution is -2.39. The predicted octanol–water partition coefficient (Wildman–Crippen LogP) is 2.07. The second-order valence-corrected chi connectivity index (χ2v) is 4.31. The van der Waals surface area contributed by atoms with Gasteiger partial charge >= 0.3 is 0 Å². The largest absolute Gasteiger partial charge is 0.385 e. The van der Waals surface area contributed by atoms with Gasteiger partial charge in [-0.05, 0) is 32.3 Å². The van der Waals surface area contributed by atoms with E-state index in [2.05, 4.69) is 4.98 Å². The second-order valence-electron chi connectivity index (χ2n) is 4.31. The van der Waals surface area contributed by atoms with E-state index in [0.717, 1.165) is 31.4 Å². The molecule has 0 bridgehead atoms. The second kappa shape index (κ2) is 4.29. The van der Waals surface area contributed by atoms with E-state index in [4.69, 9.17) is 4.74 Å². The molecule has 1 saturated heterocycles. The van der Waals surface area contributed by atoms with Crippen molar-refractivity contribution in [1.82, 2.24) is 4.98 Å². The van der Waals surface area contributed by atoms with Gasteiger partial charge in [-0.15, -0.1) is 0 Å². The van der Waals surface area contributed by atoms with Crippen LogP contribution in [0.5, 0.6) is 0 Å². The summed E-state index contributed by atoms with van der Waals surface area (Å²) in [6, 6.07) is 3.73. The van der Waals surface area contributed by atoms with Crippen molar-refractivity contribution in [1.29, 1.82) is 0 Å². The average molecular weight is 207 g/mol. The van der Waals surface area contributed by atoms with Gasteiger partial charge in [0.05, 0.1) is 5.60 Å². The maximum Gasteiger partial charge on any atom is 0.109 e. The molecule has 0 saturated carbocycles. The van der Waals surface area contributed by atoms with Gasteiger partial charge in [-0.2, -0.15) is 0 Å². The molecule has 3 nitrogen and oxygen atoms in total. The van der Waals surface area contributed by atoms with Crippen LogP contribution in [0.25, 0.3) is 0 Å². The lowest BCUT2D eigenvalue weighted by molar-refractivity contribution is -0.138. The average Bonchev–Trinajstić information content (AvgIpc) is 2.30. The van der Waals surface area contributed by atoms with E-state index in [1.165, 1.54) is 0 Å². The molecule has 2 unspecified atom stereocenters. The van der Waals surface area contributed by atoms with E-state index in [1.54, 1.807) is 12.4 Å². The van der Waals surface area contributed by atoms with E-state index in [1.807, 2.05) is 19.1 Å². The number of hydrogen-bond acceptors (Lipinski definition) is 3. The maximum atomic E-state index is 10.2. The van der Waals surface area contributed by atoms with E-state index in [-0.39, 0.29) is 0 Å². The first-order chi connectivity index (χ1) is 7.22. The molecule has 1 fully saturated rings. The Morgan fingerprint density at radius 2 is 2.40 bits per heavy atom. The van der Waals surface area contributed by atoms with Crippen LogP contribution in [0.3, 0.4) is 0 Å². The van der Waals surface area contributed by atoms with Gasteiger partial charge in [-0.3, -0.25) is 4.98 Å². The van der Waals surface area contributed by atoms with Crippen molar-refractivity contribution in [3.05, 3.63) is 30.1 Å². The first-order valence-corrected chi connectivity index (χ1v) is 5.44. The van der Waals surface area contributed by atoms with Crippen molar-refractivity contribution in [2.75, 3.05) is 6.61 Å². The summed E-state index contributed by atoms with van der Waals surface area (Å²) in [6.07, 6.45) is 5.95. The van der Waals surface area contributed by atoms with Crippen LogP contribution in [-0.4, -0.2) is 22.3 Å². The molecule has 82 valence electrons. The summed E-state index contributed by atoms with van der Waals surface area (Å²) in [5.74, 6) is 0. The van der Waals surface area contributed by atoms with Crippen LogP contribution in [0.2, 0.25) is 0 Å². The molecule has 1 aromatic heterocycles. The van der Waals surface area contributed by atoms with Crippen molar-refractivity contribution in [3.63, 3.8) is 0 Å². The molecule has 1 N–H and O–H groups in total. The Labute approximate surface area is 90.1 Å². The molecule has 2 rings (SSSR count). The van der Waals surface area contributed by atoms with Crippen molar-refractivity contribution in [2.45, 2.75) is 37.9 Å². The van der Waals surface area contributed by atoms with Crippen molar-refractivity contribution in [2.24, 2.45) is 0 Å². The number of aliphatic hydroxyl groups excluding tert-OH is 1. The van der Waals surface area contributed by atoms with Gasteiger partial charge in [0.2, 0.25) is 0 Å². The van der Waals surface area contributed by atoms with Crippen LogP contribution >= 0.6 is 0 Å². The normalized spacial score (nSPS) is 28.7. The monoisotopic (exact) mass is 207 g/mol. The van der Waals surface area contributed by atoms with Gasteiger partial charge in [0.1, 0.15) is 6.10 Å². The van der Waals surface area contributed by atoms with Crippen LogP contribution in [0.1, 0.15) is 37.9 Å². The van der Waals surface area contributed by atoms with Gasteiger partial charge in [0.25, 0.3) is 0 Å². The molecule has 1 aliphatic heterocycles. The van der Waals surface area contributed by atoms with Gasteiger partial charge in [-0.25, -0.2) is 0 Å². The number of hydrogen-bond donors (Lipinski definition) is 1. The summed E-state index contributed by atoms with van der Waals surface area (Å²) in [5.41, 5.74) is 0.392. The Kier molecular flexibility index (Phi) is 3.03. The molecule has 0 radical (unpaired) electrons. The lowest BCUT2D eigenvalue weighted by atomic mass is 9.87. The summed E-state index contributed by atoms with van der Waals surface area (Å²) >= 11 is 0. The van der Waals surface area contributed by atoms with Crippen LogP contribution in [0.15, 0.2) is 24.5 Å². The minimum Gasteiger partial charge on any atom is -0.385 e. The van der Waals surface area contributed by atoms with E-state index >= 15 is 0 Å². The minimum absolute atomic E-state index is 0.443. The predicted molar refractivity (Wildman–Crippen MR) is 57.4 cm³/mol. The first kappa shape index (κ1) is 10.6. The highest BCUT2D eigenvalue weighted by Crippen LogP contribution is 2.35. The topological polar surface area (TPSA) is 42.4 Å². The summed E-state index contributed by atoms with van der Waals surface area (Å²) in [5, 5.41) is 10.2. The molecule has 0 spiro atoms. The molecule has 0 aliphatic carbocycles. The van der Waals surface area contributed by atoms with E-state index < -0.39 is 11.7 Å². The fraction of sp³-hybridized carbons (Fsp3) is 0.583. The Balaban J connectivity index is 2.16. The van der Waals surface area contributed by atoms with Gasteiger partial charge in [0, 0.05) is 24.6 Å². The van der Waals surface area contributed by atoms with Crippen LogP contribution in [0.4, 0.5) is 0 Å². The third-order valence-electron chi connectivity index (χ3n) is 3.08. The van der Waals surface area contributed by atoms with Gasteiger partial charge < -0.3 is 9.84 Å². The highest BCUT2D eigenvalue weighted by atomic mass is 16.5. The molecular formula is C12H17NO2. The molecule has 1 aliphatic rings. The molecule has 2 atom stereocenters. The summed E-state index contributed by atoms with van der Waals surface area (Å²) in [4.78, 5) is 4.02. The zero-order valence-corrected chi connectivity index (χ0v) is 9.02. The highest BCUT2D eigenvalue weighted by Gasteiger charge is 2.36. The molecule has 0 aromatic carbocycles. The number of rotatable bonds is 2. The number of nitrogens with zero attached hydrogens (tertiary/aromatic N) is 1. The van der Waals surface area contributed by atoms with Crippen molar-refractivity contribution >= 4 is 0 Å². The quantitative estimate of drug-likeness (QED) is 0.807. The number of ether oxygens (including phenoxy) is 1.